The molecule has 1 aliphatic rings. The van der Waals surface area contributed by atoms with Gasteiger partial charge in [-0.15, -0.1) is 0 Å². The number of fused-ring (bicyclic) bond motifs is 1. The molecular formula is C20H19ClN2O2S. The second-order valence-corrected chi connectivity index (χ2v) is 8.84. The summed E-state index contributed by atoms with van der Waals surface area (Å²) in [5.74, 6) is 0. The molecule has 1 aromatic heterocycles. The van der Waals surface area contributed by atoms with Crippen molar-refractivity contribution in [3.63, 3.8) is 0 Å². The number of benzene rings is 2. The van der Waals surface area contributed by atoms with Crippen LogP contribution in [0.25, 0.3) is 16.5 Å². The summed E-state index contributed by atoms with van der Waals surface area (Å²) in [4.78, 5) is 3.63. The molecule has 3 aromatic rings. The average molecular weight is 387 g/mol. The highest BCUT2D eigenvalue weighted by Gasteiger charge is 2.27. The molecule has 1 aliphatic heterocycles. The van der Waals surface area contributed by atoms with Crippen LogP contribution in [-0.2, 0) is 10.0 Å². The smallest absolute Gasteiger partial charge is 0.243 e. The van der Waals surface area contributed by atoms with Gasteiger partial charge in [-0.3, -0.25) is 0 Å². The number of aromatic amines is 1. The number of nitrogens with zero attached hydrogens (tertiary/aromatic N) is 1. The van der Waals surface area contributed by atoms with E-state index in [1.165, 1.54) is 0 Å². The molecule has 134 valence electrons. The Labute approximate surface area is 158 Å². The summed E-state index contributed by atoms with van der Waals surface area (Å²) in [5.41, 5.74) is 4.04. The van der Waals surface area contributed by atoms with Gasteiger partial charge in [0.05, 0.1) is 4.90 Å². The molecule has 0 bridgehead atoms. The maximum absolute atomic E-state index is 12.9. The molecule has 4 rings (SSSR count). The zero-order chi connectivity index (χ0) is 18.3. The number of hydrogen-bond acceptors (Lipinski definition) is 2. The van der Waals surface area contributed by atoms with Gasteiger partial charge in [0.15, 0.2) is 0 Å². The van der Waals surface area contributed by atoms with Gasteiger partial charge < -0.3 is 4.98 Å². The molecule has 0 radical (unpaired) electrons. The quantitative estimate of drug-likeness (QED) is 0.714. The maximum Gasteiger partial charge on any atom is 0.243 e. The molecule has 0 saturated carbocycles. The van der Waals surface area contributed by atoms with Gasteiger partial charge >= 0.3 is 0 Å². The first-order valence-electron chi connectivity index (χ1n) is 8.48. The molecule has 2 aromatic carbocycles. The predicted octanol–water partition coefficient (Wildman–Crippen LogP) is 4.61. The van der Waals surface area contributed by atoms with Crippen molar-refractivity contribution in [2.24, 2.45) is 0 Å². The minimum Gasteiger partial charge on any atom is -0.361 e. The molecule has 2 heterocycles. The Morgan fingerprint density at radius 3 is 2.69 bits per heavy atom. The molecule has 1 N–H and O–H groups in total. The van der Waals surface area contributed by atoms with Crippen LogP contribution < -0.4 is 0 Å². The first kappa shape index (κ1) is 17.3. The van der Waals surface area contributed by atoms with Gasteiger partial charge in [0.1, 0.15) is 0 Å². The summed E-state index contributed by atoms with van der Waals surface area (Å²) < 4.78 is 27.4. The van der Waals surface area contributed by atoms with Crippen LogP contribution in [0, 0.1) is 6.92 Å². The highest BCUT2D eigenvalue weighted by atomic mass is 35.5. The van der Waals surface area contributed by atoms with Crippen LogP contribution in [0.4, 0.5) is 0 Å². The van der Waals surface area contributed by atoms with Gasteiger partial charge in [-0.2, -0.15) is 4.31 Å². The van der Waals surface area contributed by atoms with Crippen LogP contribution in [0.1, 0.15) is 17.5 Å². The third kappa shape index (κ3) is 2.96. The Bertz CT molecular complexity index is 1120. The van der Waals surface area contributed by atoms with Crippen molar-refractivity contribution >= 4 is 38.1 Å². The topological polar surface area (TPSA) is 53.2 Å². The number of sulfonamides is 1. The van der Waals surface area contributed by atoms with Gasteiger partial charge in [-0.05, 0) is 42.7 Å². The summed E-state index contributed by atoms with van der Waals surface area (Å²) in [6.45, 7) is 2.68. The number of halogens is 1. The molecule has 0 aliphatic carbocycles. The van der Waals surface area contributed by atoms with E-state index in [0.717, 1.165) is 27.6 Å². The molecular weight excluding hydrogens is 368 g/mol. The predicted molar refractivity (Wildman–Crippen MR) is 106 cm³/mol. The number of rotatable bonds is 3. The minimum atomic E-state index is -3.47. The Balaban J connectivity index is 1.63. The van der Waals surface area contributed by atoms with Gasteiger partial charge in [-0.25, -0.2) is 8.42 Å². The molecule has 0 fully saturated rings. The molecule has 6 heteroatoms. The summed E-state index contributed by atoms with van der Waals surface area (Å²) in [6.07, 6.45) is 4.66. The Hall–Kier alpha value is -2.08. The van der Waals surface area contributed by atoms with E-state index in [0.29, 0.717) is 29.4 Å². The number of aryl methyl sites for hydroxylation is 1. The van der Waals surface area contributed by atoms with Crippen molar-refractivity contribution in [1.29, 1.82) is 0 Å². The van der Waals surface area contributed by atoms with Gasteiger partial charge in [0.2, 0.25) is 10.0 Å². The highest BCUT2D eigenvalue weighted by molar-refractivity contribution is 7.89. The lowest BCUT2D eigenvalue weighted by Crippen LogP contribution is -2.35. The van der Waals surface area contributed by atoms with E-state index in [2.05, 4.69) is 4.98 Å². The van der Waals surface area contributed by atoms with Gasteiger partial charge in [-0.1, -0.05) is 41.9 Å². The Morgan fingerprint density at radius 2 is 1.96 bits per heavy atom. The van der Waals surface area contributed by atoms with Crippen LogP contribution in [0.15, 0.2) is 59.6 Å². The fourth-order valence-corrected chi connectivity index (χ4v) is 5.24. The molecule has 26 heavy (non-hydrogen) atoms. The second kappa shape index (κ2) is 6.58. The van der Waals surface area contributed by atoms with Crippen LogP contribution in [0.2, 0.25) is 5.02 Å². The van der Waals surface area contributed by atoms with Crippen LogP contribution in [0.3, 0.4) is 0 Å². The molecule has 0 unspecified atom stereocenters. The number of H-pyrrole nitrogens is 1. The van der Waals surface area contributed by atoms with E-state index >= 15 is 0 Å². The Kier molecular flexibility index (Phi) is 4.39. The van der Waals surface area contributed by atoms with E-state index in [4.69, 9.17) is 11.6 Å². The summed E-state index contributed by atoms with van der Waals surface area (Å²) in [6, 6.07) is 12.9. The zero-order valence-corrected chi connectivity index (χ0v) is 15.9. The SMILES string of the molecule is Cc1ccccc1S(=O)(=O)N1CC=C(c2c[nH]c3cc(Cl)ccc23)CC1. The standard InChI is InChI=1S/C20H19ClN2O2S/c1-14-4-2-3-5-20(14)26(24,25)23-10-8-15(9-11-23)18-13-22-19-12-16(21)6-7-17(18)19/h2-8,12-13,22H,9-11H2,1H3. The number of hydrogen-bond donors (Lipinski definition) is 1. The van der Waals surface area contributed by atoms with Crippen LogP contribution in [0.5, 0.6) is 0 Å². The number of nitrogens with one attached hydrogen (secondary N) is 1. The highest BCUT2D eigenvalue weighted by Crippen LogP contribution is 2.32. The van der Waals surface area contributed by atoms with Crippen molar-refractivity contribution < 1.29 is 8.42 Å². The van der Waals surface area contributed by atoms with E-state index in [-0.39, 0.29) is 0 Å². The van der Waals surface area contributed by atoms with E-state index in [1.807, 2.05) is 49.5 Å². The summed E-state index contributed by atoms with van der Waals surface area (Å²) in [7, 11) is -3.47. The van der Waals surface area contributed by atoms with Gasteiger partial charge in [0.25, 0.3) is 0 Å². The van der Waals surface area contributed by atoms with E-state index in [1.54, 1.807) is 16.4 Å². The third-order valence-electron chi connectivity index (χ3n) is 4.87. The molecule has 0 saturated heterocycles. The van der Waals surface area contributed by atoms with Crippen LogP contribution >= 0.6 is 11.6 Å². The summed E-state index contributed by atoms with van der Waals surface area (Å²) >= 11 is 6.05. The van der Waals surface area contributed by atoms with Crippen LogP contribution in [-0.4, -0.2) is 30.8 Å². The number of aromatic nitrogens is 1. The fourth-order valence-electron chi connectivity index (χ4n) is 3.46. The molecule has 0 amide bonds. The summed E-state index contributed by atoms with van der Waals surface area (Å²) in [5, 5.41) is 1.80. The lowest BCUT2D eigenvalue weighted by molar-refractivity contribution is 0.441. The van der Waals surface area contributed by atoms with Crippen molar-refractivity contribution in [3.05, 3.63) is 70.9 Å². The van der Waals surface area contributed by atoms with E-state index < -0.39 is 10.0 Å². The van der Waals surface area contributed by atoms with Crippen molar-refractivity contribution in [3.8, 4) is 0 Å². The largest absolute Gasteiger partial charge is 0.361 e. The van der Waals surface area contributed by atoms with Crippen molar-refractivity contribution in [1.82, 2.24) is 9.29 Å². The lowest BCUT2D eigenvalue weighted by atomic mass is 10.00. The van der Waals surface area contributed by atoms with Crippen molar-refractivity contribution in [2.75, 3.05) is 13.1 Å². The lowest BCUT2D eigenvalue weighted by Gasteiger charge is -2.26. The monoisotopic (exact) mass is 386 g/mol. The second-order valence-electron chi connectivity index (χ2n) is 6.50. The molecule has 4 nitrogen and oxygen atoms in total. The minimum absolute atomic E-state index is 0.381. The Morgan fingerprint density at radius 1 is 1.15 bits per heavy atom. The van der Waals surface area contributed by atoms with Crippen molar-refractivity contribution in [2.45, 2.75) is 18.2 Å². The third-order valence-corrected chi connectivity index (χ3v) is 7.13. The van der Waals surface area contributed by atoms with E-state index in [9.17, 15) is 8.42 Å². The normalized spacial score (nSPS) is 16.0. The first-order chi connectivity index (χ1) is 12.5. The average Bonchev–Trinajstić information content (AvgIpc) is 3.05. The van der Waals surface area contributed by atoms with Gasteiger partial charge in [0, 0.05) is 40.8 Å². The maximum atomic E-state index is 12.9. The zero-order valence-electron chi connectivity index (χ0n) is 14.4. The molecule has 0 atom stereocenters. The fraction of sp³-hybridized carbons (Fsp3) is 0.200. The molecule has 0 spiro atoms. The first-order valence-corrected chi connectivity index (χ1v) is 10.3.